The largest absolute Gasteiger partial charge is 0.350 e. The Bertz CT molecular complexity index is 1100. The second kappa shape index (κ2) is 8.37. The number of amides is 1. The molecule has 0 saturated heterocycles. The molecule has 7 nitrogen and oxygen atoms in total. The molecule has 146 valence electrons. The summed E-state index contributed by atoms with van der Waals surface area (Å²) in [5.74, 6) is 0.627. The number of carbonyl (C=O) groups is 1. The predicted octanol–water partition coefficient (Wildman–Crippen LogP) is 2.24. The van der Waals surface area contributed by atoms with Gasteiger partial charge in [0.1, 0.15) is 5.82 Å². The van der Waals surface area contributed by atoms with Crippen LogP contribution in [0.25, 0.3) is 11.0 Å². The highest BCUT2D eigenvalue weighted by atomic mass is 32.2. The monoisotopic (exact) mass is 398 g/mol. The summed E-state index contributed by atoms with van der Waals surface area (Å²) in [5.41, 5.74) is 2.35. The maximum Gasteiger partial charge on any atom is 0.251 e. The Balaban J connectivity index is 1.62. The number of aryl methyl sites for hydroxylation is 1. The van der Waals surface area contributed by atoms with Crippen LogP contribution >= 0.6 is 0 Å². The smallest absolute Gasteiger partial charge is 0.251 e. The highest BCUT2D eigenvalue weighted by Gasteiger charge is 2.14. The molecule has 0 radical (unpaired) electrons. The van der Waals surface area contributed by atoms with Gasteiger partial charge in [0.25, 0.3) is 5.91 Å². The number of hydrogen-bond donors (Lipinski definition) is 2. The van der Waals surface area contributed by atoms with Gasteiger partial charge in [0.15, 0.2) is 0 Å². The number of benzene rings is 2. The number of imidazole rings is 1. The molecule has 1 aromatic heterocycles. The fraction of sp³-hybridized carbons (Fsp3) is 0.200. The molecule has 0 fully saturated rings. The zero-order valence-electron chi connectivity index (χ0n) is 15.6. The minimum Gasteiger partial charge on any atom is -0.350 e. The molecule has 1 heterocycles. The Morgan fingerprint density at radius 1 is 1.18 bits per heavy atom. The first-order valence-corrected chi connectivity index (χ1v) is 10.3. The minimum absolute atomic E-state index is 0.103. The fourth-order valence-corrected chi connectivity index (χ4v) is 3.90. The second-order valence-corrected chi connectivity index (χ2v) is 7.99. The number of sulfonamides is 1. The number of aromatic nitrogens is 2. The molecule has 2 N–H and O–H groups in total. The lowest BCUT2D eigenvalue weighted by Gasteiger charge is -2.09. The molecule has 0 unspecified atom stereocenters. The maximum absolute atomic E-state index is 12.3. The van der Waals surface area contributed by atoms with Gasteiger partial charge < -0.3 is 9.88 Å². The Labute approximate surface area is 164 Å². The average Bonchev–Trinajstić information content (AvgIpc) is 3.02. The molecule has 28 heavy (non-hydrogen) atoms. The van der Waals surface area contributed by atoms with Crippen LogP contribution in [0.4, 0.5) is 0 Å². The van der Waals surface area contributed by atoms with Crippen LogP contribution in [0.2, 0.25) is 0 Å². The molecule has 0 aliphatic heterocycles. The first-order chi connectivity index (χ1) is 13.4. The van der Waals surface area contributed by atoms with Gasteiger partial charge in [-0.05, 0) is 43.3 Å². The van der Waals surface area contributed by atoms with Crippen molar-refractivity contribution in [3.05, 3.63) is 72.6 Å². The maximum atomic E-state index is 12.3. The summed E-state index contributed by atoms with van der Waals surface area (Å²) in [6.07, 6.45) is 1.46. The number of hydrogen-bond acceptors (Lipinski definition) is 4. The summed E-state index contributed by atoms with van der Waals surface area (Å²) in [5, 5.41) is 2.86. The minimum atomic E-state index is -3.60. The molecule has 0 spiro atoms. The second-order valence-electron chi connectivity index (χ2n) is 6.22. The van der Waals surface area contributed by atoms with Crippen LogP contribution in [0.5, 0.6) is 0 Å². The molecule has 0 aliphatic rings. The van der Waals surface area contributed by atoms with Crippen LogP contribution in [0.15, 0.2) is 66.1 Å². The molecule has 0 atom stereocenters. The molecule has 3 aromatic rings. The molecular weight excluding hydrogens is 376 g/mol. The lowest BCUT2D eigenvalue weighted by atomic mass is 10.2. The highest BCUT2D eigenvalue weighted by Crippen LogP contribution is 2.15. The van der Waals surface area contributed by atoms with Gasteiger partial charge in [-0.25, -0.2) is 18.1 Å². The summed E-state index contributed by atoms with van der Waals surface area (Å²) in [4.78, 5) is 16.9. The third-order valence-corrected chi connectivity index (χ3v) is 5.75. The van der Waals surface area contributed by atoms with E-state index in [2.05, 4.69) is 26.2 Å². The van der Waals surface area contributed by atoms with Crippen molar-refractivity contribution in [3.63, 3.8) is 0 Å². The SMILES string of the molecule is C=CCNS(=O)(=O)c1ccc(C(=O)NCCn2c(C)nc3ccccc32)cc1. The van der Waals surface area contributed by atoms with E-state index in [0.717, 1.165) is 16.9 Å². The molecule has 1 amide bonds. The van der Waals surface area contributed by atoms with Crippen molar-refractivity contribution in [2.75, 3.05) is 13.1 Å². The summed E-state index contributed by atoms with van der Waals surface area (Å²) < 4.78 is 28.5. The van der Waals surface area contributed by atoms with Gasteiger partial charge in [-0.15, -0.1) is 6.58 Å². The number of fused-ring (bicyclic) bond motifs is 1. The fourth-order valence-electron chi connectivity index (χ4n) is 2.90. The van der Waals surface area contributed by atoms with E-state index in [9.17, 15) is 13.2 Å². The van der Waals surface area contributed by atoms with Gasteiger partial charge in [-0.2, -0.15) is 0 Å². The molecule has 8 heteroatoms. The van der Waals surface area contributed by atoms with E-state index in [1.54, 1.807) is 0 Å². The van der Waals surface area contributed by atoms with E-state index >= 15 is 0 Å². The Morgan fingerprint density at radius 3 is 2.61 bits per heavy atom. The number of para-hydroxylation sites is 2. The summed E-state index contributed by atoms with van der Waals surface area (Å²) >= 11 is 0. The van der Waals surface area contributed by atoms with Gasteiger partial charge in [0.2, 0.25) is 10.0 Å². The summed E-state index contributed by atoms with van der Waals surface area (Å²) in [6, 6.07) is 13.7. The van der Waals surface area contributed by atoms with Crippen molar-refractivity contribution >= 4 is 27.0 Å². The molecule has 0 saturated carbocycles. The first kappa shape index (κ1) is 19.8. The van der Waals surface area contributed by atoms with Gasteiger partial charge >= 0.3 is 0 Å². The molecular formula is C20H22N4O3S. The first-order valence-electron chi connectivity index (χ1n) is 8.83. The van der Waals surface area contributed by atoms with Crippen molar-refractivity contribution in [3.8, 4) is 0 Å². The van der Waals surface area contributed by atoms with Crippen molar-refractivity contribution in [2.24, 2.45) is 0 Å². The van der Waals surface area contributed by atoms with Crippen LogP contribution in [0.3, 0.4) is 0 Å². The normalized spacial score (nSPS) is 11.5. The Kier molecular flexibility index (Phi) is 5.91. The standard InChI is InChI=1S/C20H22N4O3S/c1-3-12-22-28(26,27)17-10-8-16(9-11-17)20(25)21-13-14-24-15(2)23-18-6-4-5-7-19(18)24/h3-11,22H,1,12-14H2,2H3,(H,21,25). The number of rotatable bonds is 8. The van der Waals surface area contributed by atoms with Crippen LogP contribution in [0.1, 0.15) is 16.2 Å². The third-order valence-electron chi connectivity index (χ3n) is 4.31. The quantitative estimate of drug-likeness (QED) is 0.569. The van der Waals surface area contributed by atoms with Crippen molar-refractivity contribution < 1.29 is 13.2 Å². The van der Waals surface area contributed by atoms with Gasteiger partial charge in [-0.3, -0.25) is 4.79 Å². The van der Waals surface area contributed by atoms with E-state index in [1.165, 1.54) is 30.3 Å². The average molecular weight is 398 g/mol. The van der Waals surface area contributed by atoms with Gasteiger partial charge in [0, 0.05) is 25.2 Å². The van der Waals surface area contributed by atoms with E-state index in [1.807, 2.05) is 31.2 Å². The van der Waals surface area contributed by atoms with Crippen LogP contribution < -0.4 is 10.0 Å². The highest BCUT2D eigenvalue weighted by molar-refractivity contribution is 7.89. The van der Waals surface area contributed by atoms with Crippen LogP contribution in [0, 0.1) is 6.92 Å². The number of carbonyl (C=O) groups excluding carboxylic acids is 1. The van der Waals surface area contributed by atoms with E-state index in [-0.39, 0.29) is 17.3 Å². The number of nitrogens with one attached hydrogen (secondary N) is 2. The van der Waals surface area contributed by atoms with Crippen molar-refractivity contribution in [1.82, 2.24) is 19.6 Å². The zero-order chi connectivity index (χ0) is 20.1. The molecule has 3 rings (SSSR count). The van der Waals surface area contributed by atoms with E-state index in [0.29, 0.717) is 18.7 Å². The lowest BCUT2D eigenvalue weighted by Crippen LogP contribution is -2.27. The van der Waals surface area contributed by atoms with Crippen LogP contribution in [-0.4, -0.2) is 37.0 Å². The van der Waals surface area contributed by atoms with Gasteiger partial charge in [0.05, 0.1) is 15.9 Å². The molecule has 0 aliphatic carbocycles. The van der Waals surface area contributed by atoms with E-state index in [4.69, 9.17) is 0 Å². The van der Waals surface area contributed by atoms with Crippen molar-refractivity contribution in [2.45, 2.75) is 18.4 Å². The zero-order valence-corrected chi connectivity index (χ0v) is 16.4. The van der Waals surface area contributed by atoms with Gasteiger partial charge in [-0.1, -0.05) is 18.2 Å². The molecule has 2 aromatic carbocycles. The topological polar surface area (TPSA) is 93.1 Å². The molecule has 0 bridgehead atoms. The lowest BCUT2D eigenvalue weighted by molar-refractivity contribution is 0.0952. The predicted molar refractivity (Wildman–Crippen MR) is 109 cm³/mol. The Morgan fingerprint density at radius 2 is 1.89 bits per heavy atom. The van der Waals surface area contributed by atoms with E-state index < -0.39 is 10.0 Å². The number of nitrogens with zero attached hydrogens (tertiary/aromatic N) is 2. The summed E-state index contributed by atoms with van der Waals surface area (Å²) in [7, 11) is -3.60. The van der Waals surface area contributed by atoms with Crippen LogP contribution in [-0.2, 0) is 16.6 Å². The Hall–Kier alpha value is -2.97. The van der Waals surface area contributed by atoms with Crippen molar-refractivity contribution in [1.29, 1.82) is 0 Å². The third kappa shape index (κ3) is 4.29. The summed E-state index contributed by atoms with van der Waals surface area (Å²) in [6.45, 7) is 6.58.